The van der Waals surface area contributed by atoms with E-state index in [0.717, 1.165) is 12.3 Å². The molecule has 0 atom stereocenters. The van der Waals surface area contributed by atoms with Gasteiger partial charge in [-0.05, 0) is 12.1 Å². The number of nitrogen functional groups attached to an aromatic ring is 1. The third-order valence-corrected chi connectivity index (χ3v) is 2.54. The molecule has 7 heteroatoms. The molecule has 1 heterocycles. The van der Waals surface area contributed by atoms with Crippen molar-refractivity contribution in [3.8, 4) is 11.5 Å². The number of rotatable bonds is 5. The lowest BCUT2D eigenvalue weighted by Crippen LogP contribution is -2.12. The number of para-hydroxylation sites is 1. The summed E-state index contributed by atoms with van der Waals surface area (Å²) in [6.07, 6.45) is -3.61. The second-order valence-corrected chi connectivity index (χ2v) is 4.12. The van der Waals surface area contributed by atoms with Crippen LogP contribution in [-0.2, 0) is 6.18 Å². The molecule has 0 fully saturated rings. The van der Waals surface area contributed by atoms with Crippen molar-refractivity contribution in [3.05, 3.63) is 48.3 Å². The van der Waals surface area contributed by atoms with E-state index >= 15 is 0 Å². The van der Waals surface area contributed by atoms with Gasteiger partial charge in [0.05, 0.1) is 11.9 Å². The van der Waals surface area contributed by atoms with Gasteiger partial charge in [0.15, 0.2) is 0 Å². The maximum Gasteiger partial charge on any atom is 0.433 e. The molecule has 2 aromatic rings. The van der Waals surface area contributed by atoms with Gasteiger partial charge in [-0.15, -0.1) is 0 Å². The molecule has 0 saturated heterocycles. The normalized spacial score (nSPS) is 11.2. The monoisotopic (exact) mass is 298 g/mol. The van der Waals surface area contributed by atoms with E-state index < -0.39 is 11.9 Å². The predicted molar refractivity (Wildman–Crippen MR) is 71.1 cm³/mol. The van der Waals surface area contributed by atoms with Crippen LogP contribution in [0.5, 0.6) is 11.5 Å². The molecule has 1 aromatic carbocycles. The molecule has 21 heavy (non-hydrogen) atoms. The lowest BCUT2D eigenvalue weighted by molar-refractivity contribution is -0.141. The highest BCUT2D eigenvalue weighted by atomic mass is 19.4. The van der Waals surface area contributed by atoms with E-state index in [1.165, 1.54) is 0 Å². The molecule has 0 aliphatic heterocycles. The van der Waals surface area contributed by atoms with Crippen molar-refractivity contribution in [2.45, 2.75) is 6.18 Å². The maximum atomic E-state index is 12.5. The second kappa shape index (κ2) is 6.34. The first-order valence-electron chi connectivity index (χ1n) is 6.10. The van der Waals surface area contributed by atoms with Crippen LogP contribution in [0.4, 0.5) is 18.9 Å². The van der Waals surface area contributed by atoms with Crippen LogP contribution in [0.25, 0.3) is 0 Å². The molecule has 2 rings (SSSR count). The number of nitrogens with two attached hydrogens (primary N) is 1. The van der Waals surface area contributed by atoms with E-state index in [1.54, 1.807) is 12.1 Å². The van der Waals surface area contributed by atoms with Gasteiger partial charge in [-0.25, -0.2) is 4.98 Å². The number of pyridine rings is 1. The summed E-state index contributed by atoms with van der Waals surface area (Å²) >= 11 is 0. The molecule has 0 aliphatic rings. The van der Waals surface area contributed by atoms with Crippen LogP contribution in [0.15, 0.2) is 42.6 Å². The molecular formula is C14H13F3N2O2. The Morgan fingerprint density at radius 3 is 2.38 bits per heavy atom. The van der Waals surface area contributed by atoms with Crippen molar-refractivity contribution in [2.75, 3.05) is 18.9 Å². The number of nitrogens with zero attached hydrogens (tertiary/aromatic N) is 1. The van der Waals surface area contributed by atoms with Crippen molar-refractivity contribution >= 4 is 5.69 Å². The topological polar surface area (TPSA) is 57.4 Å². The number of alkyl halides is 3. The Balaban J connectivity index is 1.91. The van der Waals surface area contributed by atoms with Gasteiger partial charge < -0.3 is 15.2 Å². The van der Waals surface area contributed by atoms with E-state index in [9.17, 15) is 13.2 Å². The fourth-order valence-corrected chi connectivity index (χ4v) is 1.56. The lowest BCUT2D eigenvalue weighted by Gasteiger charge is -2.12. The molecule has 0 bridgehead atoms. The first-order valence-corrected chi connectivity index (χ1v) is 6.10. The van der Waals surface area contributed by atoms with Gasteiger partial charge in [0.25, 0.3) is 0 Å². The number of ether oxygens (including phenoxy) is 2. The molecule has 0 amide bonds. The summed E-state index contributed by atoms with van der Waals surface area (Å²) in [7, 11) is 0. The number of benzene rings is 1. The Hall–Kier alpha value is -2.44. The molecule has 0 unspecified atom stereocenters. The van der Waals surface area contributed by atoms with Crippen LogP contribution in [0, 0.1) is 0 Å². The lowest BCUT2D eigenvalue weighted by atomic mass is 10.3. The van der Waals surface area contributed by atoms with Gasteiger partial charge in [-0.3, -0.25) is 0 Å². The second-order valence-electron chi connectivity index (χ2n) is 4.12. The zero-order valence-corrected chi connectivity index (χ0v) is 10.9. The zero-order valence-electron chi connectivity index (χ0n) is 10.9. The van der Waals surface area contributed by atoms with Crippen molar-refractivity contribution < 1.29 is 22.6 Å². The van der Waals surface area contributed by atoms with Crippen LogP contribution >= 0.6 is 0 Å². The summed E-state index contributed by atoms with van der Waals surface area (Å²) in [5.41, 5.74) is 4.53. The minimum atomic E-state index is -4.54. The van der Waals surface area contributed by atoms with E-state index in [2.05, 4.69) is 4.98 Å². The number of halogens is 3. The smallest absolute Gasteiger partial charge is 0.433 e. The van der Waals surface area contributed by atoms with Gasteiger partial charge in [0.2, 0.25) is 0 Å². The Kier molecular flexibility index (Phi) is 4.52. The van der Waals surface area contributed by atoms with E-state index in [1.807, 2.05) is 18.2 Å². The summed E-state index contributed by atoms with van der Waals surface area (Å²) in [6, 6.07) is 9.78. The average molecular weight is 298 g/mol. The summed E-state index contributed by atoms with van der Waals surface area (Å²) in [6.45, 7) is 0.257. The van der Waals surface area contributed by atoms with Gasteiger partial charge >= 0.3 is 6.18 Å². The molecular weight excluding hydrogens is 285 g/mol. The molecule has 2 N–H and O–H groups in total. The maximum absolute atomic E-state index is 12.5. The Labute approximate surface area is 119 Å². The Morgan fingerprint density at radius 1 is 1.05 bits per heavy atom. The van der Waals surface area contributed by atoms with Crippen molar-refractivity contribution in [2.24, 2.45) is 0 Å². The number of anilines is 1. The molecule has 4 nitrogen and oxygen atoms in total. The standard InChI is InChI=1S/C14H13F3N2O2/c15-14(16,17)13-8-12(11(18)9-19-13)21-7-6-20-10-4-2-1-3-5-10/h1-5,8-9H,6-7,18H2. The van der Waals surface area contributed by atoms with Crippen molar-refractivity contribution in [1.82, 2.24) is 4.98 Å². The SMILES string of the molecule is Nc1cnc(C(F)(F)F)cc1OCCOc1ccccc1. The fourth-order valence-electron chi connectivity index (χ4n) is 1.56. The number of aromatic nitrogens is 1. The van der Waals surface area contributed by atoms with Gasteiger partial charge in [-0.2, -0.15) is 13.2 Å². The molecule has 0 spiro atoms. The fraction of sp³-hybridized carbons (Fsp3) is 0.214. The van der Waals surface area contributed by atoms with Gasteiger partial charge in [0, 0.05) is 6.07 Å². The summed E-state index contributed by atoms with van der Waals surface area (Å²) < 4.78 is 48.1. The highest BCUT2D eigenvalue weighted by molar-refractivity contribution is 5.51. The van der Waals surface area contributed by atoms with Crippen LogP contribution in [0.3, 0.4) is 0 Å². The van der Waals surface area contributed by atoms with Crippen molar-refractivity contribution in [1.29, 1.82) is 0 Å². The van der Waals surface area contributed by atoms with E-state index in [0.29, 0.717) is 5.75 Å². The van der Waals surface area contributed by atoms with Crippen LogP contribution in [-0.4, -0.2) is 18.2 Å². The van der Waals surface area contributed by atoms with Crippen LogP contribution < -0.4 is 15.2 Å². The highest BCUT2D eigenvalue weighted by Crippen LogP contribution is 2.32. The molecule has 0 radical (unpaired) electrons. The first-order chi connectivity index (χ1) is 9.97. The Bertz CT molecular complexity index is 589. The molecule has 112 valence electrons. The predicted octanol–water partition coefficient (Wildman–Crippen LogP) is 3.14. The van der Waals surface area contributed by atoms with Crippen LogP contribution in [0.1, 0.15) is 5.69 Å². The zero-order chi connectivity index (χ0) is 15.3. The molecule has 1 aromatic heterocycles. The van der Waals surface area contributed by atoms with E-state index in [-0.39, 0.29) is 24.7 Å². The van der Waals surface area contributed by atoms with Crippen LogP contribution in [0.2, 0.25) is 0 Å². The van der Waals surface area contributed by atoms with Crippen molar-refractivity contribution in [3.63, 3.8) is 0 Å². The number of hydrogen-bond donors (Lipinski definition) is 1. The Morgan fingerprint density at radius 2 is 1.71 bits per heavy atom. The number of hydrogen-bond acceptors (Lipinski definition) is 4. The average Bonchev–Trinajstić information content (AvgIpc) is 2.45. The van der Waals surface area contributed by atoms with E-state index in [4.69, 9.17) is 15.2 Å². The summed E-state index contributed by atoms with van der Waals surface area (Å²) in [5, 5.41) is 0. The largest absolute Gasteiger partial charge is 0.490 e. The first kappa shape index (κ1) is 15.0. The third kappa shape index (κ3) is 4.27. The minimum Gasteiger partial charge on any atom is -0.490 e. The summed E-state index contributed by atoms with van der Waals surface area (Å²) in [4.78, 5) is 3.22. The third-order valence-electron chi connectivity index (χ3n) is 2.54. The van der Waals surface area contributed by atoms with Gasteiger partial charge in [-0.1, -0.05) is 18.2 Å². The highest BCUT2D eigenvalue weighted by Gasteiger charge is 2.33. The van der Waals surface area contributed by atoms with Gasteiger partial charge in [0.1, 0.15) is 30.4 Å². The molecule has 0 saturated carbocycles. The molecule has 0 aliphatic carbocycles. The quantitative estimate of drug-likeness (QED) is 0.862. The summed E-state index contributed by atoms with van der Waals surface area (Å²) in [5.74, 6) is 0.591. The minimum absolute atomic E-state index is 0.0442.